The summed E-state index contributed by atoms with van der Waals surface area (Å²) in [5, 5.41) is 3.35. The molecule has 0 spiro atoms. The maximum atomic E-state index is 13.0. The first-order valence-corrected chi connectivity index (χ1v) is 10.2. The molecular formula is C23H25FN4O2. The van der Waals surface area contributed by atoms with E-state index in [0.29, 0.717) is 42.0 Å². The summed E-state index contributed by atoms with van der Waals surface area (Å²) < 4.78 is 14.8. The normalized spacial score (nSPS) is 14.5. The molecule has 0 aliphatic carbocycles. The molecular weight excluding hydrogens is 383 g/mol. The van der Waals surface area contributed by atoms with Gasteiger partial charge in [0.2, 0.25) is 0 Å². The summed E-state index contributed by atoms with van der Waals surface area (Å²) in [6.45, 7) is 6.89. The van der Waals surface area contributed by atoms with Crippen LogP contribution in [0.4, 0.5) is 4.39 Å². The molecule has 2 aromatic carbocycles. The molecule has 156 valence electrons. The zero-order valence-corrected chi connectivity index (χ0v) is 17.2. The van der Waals surface area contributed by atoms with Gasteiger partial charge in [0.15, 0.2) is 0 Å². The Morgan fingerprint density at radius 2 is 1.90 bits per heavy atom. The number of carbonyl (C=O) groups is 1. The van der Waals surface area contributed by atoms with Crippen LogP contribution in [0, 0.1) is 5.82 Å². The first-order chi connectivity index (χ1) is 14.4. The van der Waals surface area contributed by atoms with Crippen molar-refractivity contribution in [2.75, 3.05) is 13.1 Å². The molecule has 0 atom stereocenters. The van der Waals surface area contributed by atoms with E-state index in [1.54, 1.807) is 34.9 Å². The Hall–Kier alpha value is -3.06. The highest BCUT2D eigenvalue weighted by atomic mass is 19.1. The van der Waals surface area contributed by atoms with E-state index in [1.165, 1.54) is 12.1 Å². The minimum atomic E-state index is -0.312. The predicted molar refractivity (Wildman–Crippen MR) is 114 cm³/mol. The zero-order valence-electron chi connectivity index (χ0n) is 17.2. The van der Waals surface area contributed by atoms with Gasteiger partial charge < -0.3 is 5.32 Å². The van der Waals surface area contributed by atoms with Gasteiger partial charge in [-0.1, -0.05) is 12.1 Å². The maximum Gasteiger partial charge on any atom is 0.261 e. The molecule has 0 saturated heterocycles. The Balaban J connectivity index is 1.57. The summed E-state index contributed by atoms with van der Waals surface area (Å²) in [5.74, 6) is 0.191. The van der Waals surface area contributed by atoms with Gasteiger partial charge in [-0.05, 0) is 49.7 Å². The van der Waals surface area contributed by atoms with Crippen LogP contribution in [-0.2, 0) is 19.5 Å². The van der Waals surface area contributed by atoms with Crippen molar-refractivity contribution in [3.8, 4) is 0 Å². The highest BCUT2D eigenvalue weighted by molar-refractivity contribution is 5.97. The number of hydrogen-bond donors (Lipinski definition) is 1. The molecule has 1 aliphatic heterocycles. The van der Waals surface area contributed by atoms with Gasteiger partial charge >= 0.3 is 0 Å². The van der Waals surface area contributed by atoms with Gasteiger partial charge in [0, 0.05) is 44.2 Å². The fourth-order valence-electron chi connectivity index (χ4n) is 3.82. The number of hydrogen-bond acceptors (Lipinski definition) is 4. The van der Waals surface area contributed by atoms with Crippen LogP contribution in [0.2, 0.25) is 0 Å². The molecule has 0 unspecified atom stereocenters. The monoisotopic (exact) mass is 408 g/mol. The third-order valence-electron chi connectivity index (χ3n) is 5.63. The molecule has 1 aromatic heterocycles. The molecule has 30 heavy (non-hydrogen) atoms. The van der Waals surface area contributed by atoms with Crippen molar-refractivity contribution in [2.24, 2.45) is 0 Å². The van der Waals surface area contributed by atoms with Crippen LogP contribution in [0.1, 0.15) is 35.6 Å². The fraction of sp³-hybridized carbons (Fsp3) is 0.348. The zero-order chi connectivity index (χ0) is 21.3. The van der Waals surface area contributed by atoms with Crippen molar-refractivity contribution in [3.63, 3.8) is 0 Å². The minimum absolute atomic E-state index is 0.0566. The Bertz CT molecular complexity index is 1140. The summed E-state index contributed by atoms with van der Waals surface area (Å²) in [4.78, 5) is 32.6. The summed E-state index contributed by atoms with van der Waals surface area (Å²) >= 11 is 0. The highest BCUT2D eigenvalue weighted by Gasteiger charge is 2.19. The van der Waals surface area contributed by atoms with E-state index >= 15 is 0 Å². The largest absolute Gasteiger partial charge is 0.348 e. The standard InChI is InChI=1S/C23H25FN4O2/c1-15(2)27-10-9-21-26-20-13-17(5-8-19(20)23(30)28(21)12-11-27)22(29)25-14-16-3-6-18(24)7-4-16/h3-8,13,15H,9-12,14H2,1-2H3,(H,25,29). The van der Waals surface area contributed by atoms with E-state index in [4.69, 9.17) is 4.98 Å². The van der Waals surface area contributed by atoms with Gasteiger partial charge in [0.25, 0.3) is 11.5 Å². The van der Waals surface area contributed by atoms with E-state index in [0.717, 1.165) is 24.5 Å². The number of rotatable bonds is 4. The molecule has 0 saturated carbocycles. The van der Waals surface area contributed by atoms with E-state index in [1.807, 2.05) is 0 Å². The van der Waals surface area contributed by atoms with Gasteiger partial charge in [-0.25, -0.2) is 9.37 Å². The molecule has 0 radical (unpaired) electrons. The van der Waals surface area contributed by atoms with Crippen LogP contribution in [0.25, 0.3) is 10.9 Å². The van der Waals surface area contributed by atoms with Gasteiger partial charge in [-0.2, -0.15) is 0 Å². The molecule has 4 rings (SSSR count). The average Bonchev–Trinajstić information content (AvgIpc) is 2.96. The molecule has 7 heteroatoms. The van der Waals surface area contributed by atoms with E-state index in [2.05, 4.69) is 24.1 Å². The van der Waals surface area contributed by atoms with Gasteiger partial charge in [0.05, 0.1) is 10.9 Å². The van der Waals surface area contributed by atoms with Crippen LogP contribution in [-0.4, -0.2) is 39.5 Å². The smallest absolute Gasteiger partial charge is 0.261 e. The van der Waals surface area contributed by atoms with Gasteiger partial charge in [-0.15, -0.1) is 0 Å². The van der Waals surface area contributed by atoms with Crippen LogP contribution in [0.15, 0.2) is 47.3 Å². The summed E-state index contributed by atoms with van der Waals surface area (Å²) in [6.07, 6.45) is 0.699. The average molecular weight is 408 g/mol. The number of halogens is 1. The van der Waals surface area contributed by atoms with Crippen LogP contribution in [0.3, 0.4) is 0 Å². The van der Waals surface area contributed by atoms with Crippen molar-refractivity contribution in [1.29, 1.82) is 0 Å². The topological polar surface area (TPSA) is 67.2 Å². The van der Waals surface area contributed by atoms with Crippen LogP contribution >= 0.6 is 0 Å². The molecule has 1 aliphatic rings. The summed E-state index contributed by atoms with van der Waals surface area (Å²) in [7, 11) is 0. The fourth-order valence-corrected chi connectivity index (χ4v) is 3.82. The van der Waals surface area contributed by atoms with Gasteiger partial charge in [0.1, 0.15) is 11.6 Å². The van der Waals surface area contributed by atoms with E-state index in [-0.39, 0.29) is 17.3 Å². The molecule has 0 fully saturated rings. The van der Waals surface area contributed by atoms with Crippen LogP contribution < -0.4 is 10.9 Å². The third kappa shape index (κ3) is 4.11. The van der Waals surface area contributed by atoms with Crippen molar-refractivity contribution in [3.05, 3.63) is 75.6 Å². The predicted octanol–water partition coefficient (Wildman–Crippen LogP) is 2.73. The number of nitrogens with one attached hydrogen (secondary N) is 1. The Kier molecular flexibility index (Phi) is 5.63. The maximum absolute atomic E-state index is 13.0. The summed E-state index contributed by atoms with van der Waals surface area (Å²) in [6, 6.07) is 11.4. The molecule has 0 bridgehead atoms. The second-order valence-corrected chi connectivity index (χ2v) is 7.91. The first kappa shape index (κ1) is 20.2. The molecule has 1 N–H and O–H groups in total. The summed E-state index contributed by atoms with van der Waals surface area (Å²) in [5.41, 5.74) is 1.73. The quantitative estimate of drug-likeness (QED) is 0.721. The molecule has 2 heterocycles. The lowest BCUT2D eigenvalue weighted by molar-refractivity contribution is 0.0951. The number of carbonyl (C=O) groups excluding carboxylic acids is 1. The number of nitrogens with zero attached hydrogens (tertiary/aromatic N) is 3. The number of amides is 1. The molecule has 1 amide bonds. The highest BCUT2D eigenvalue weighted by Crippen LogP contribution is 2.15. The lowest BCUT2D eigenvalue weighted by Crippen LogP contribution is -2.34. The minimum Gasteiger partial charge on any atom is -0.348 e. The van der Waals surface area contributed by atoms with Crippen molar-refractivity contribution >= 4 is 16.8 Å². The number of aromatic nitrogens is 2. The second kappa shape index (κ2) is 8.36. The lowest BCUT2D eigenvalue weighted by Gasteiger charge is -2.23. The molecule has 3 aromatic rings. The SMILES string of the molecule is CC(C)N1CCc2nc3cc(C(=O)NCc4ccc(F)cc4)ccc3c(=O)n2CC1. The Morgan fingerprint density at radius 1 is 1.13 bits per heavy atom. The second-order valence-electron chi connectivity index (χ2n) is 7.91. The Morgan fingerprint density at radius 3 is 2.63 bits per heavy atom. The Labute approximate surface area is 174 Å². The van der Waals surface area contributed by atoms with Crippen molar-refractivity contribution in [1.82, 2.24) is 19.8 Å². The van der Waals surface area contributed by atoms with Crippen molar-refractivity contribution in [2.45, 2.75) is 39.4 Å². The van der Waals surface area contributed by atoms with E-state index < -0.39 is 0 Å². The number of benzene rings is 2. The lowest BCUT2D eigenvalue weighted by atomic mass is 10.1. The van der Waals surface area contributed by atoms with Crippen molar-refractivity contribution < 1.29 is 9.18 Å². The number of fused-ring (bicyclic) bond motifs is 2. The first-order valence-electron chi connectivity index (χ1n) is 10.2. The molecule has 6 nitrogen and oxygen atoms in total. The van der Waals surface area contributed by atoms with Gasteiger partial charge in [-0.3, -0.25) is 19.1 Å². The third-order valence-corrected chi connectivity index (χ3v) is 5.63. The van der Waals surface area contributed by atoms with E-state index in [9.17, 15) is 14.0 Å². The van der Waals surface area contributed by atoms with Crippen LogP contribution in [0.5, 0.6) is 0 Å².